The Bertz CT molecular complexity index is 1020. The third-order valence-electron chi connectivity index (χ3n) is 5.39. The van der Waals surface area contributed by atoms with Crippen LogP contribution >= 0.6 is 11.8 Å². The van der Waals surface area contributed by atoms with Crippen LogP contribution in [0, 0.1) is 18.3 Å². The number of pyridine rings is 1. The highest BCUT2D eigenvalue weighted by atomic mass is 32.2. The molecule has 3 heterocycles. The summed E-state index contributed by atoms with van der Waals surface area (Å²) in [5, 5.41) is 12.6. The first-order valence-corrected chi connectivity index (χ1v) is 11.0. The molecule has 0 saturated carbocycles. The third-order valence-corrected chi connectivity index (χ3v) is 6.41. The lowest BCUT2D eigenvalue weighted by atomic mass is 10.0. The van der Waals surface area contributed by atoms with Gasteiger partial charge in [0.05, 0.1) is 42.8 Å². The first-order chi connectivity index (χ1) is 14.6. The van der Waals surface area contributed by atoms with Gasteiger partial charge >= 0.3 is 0 Å². The Morgan fingerprint density at radius 3 is 2.93 bits per heavy atom. The molecule has 2 amide bonds. The standard InChI is InChI=1S/C21H23N5O3S/c1-14-8-15(25-4-6-29-7-5-25)9-18-17(2-3-23-20(14)18)21(28)24-11-19(27)26-13-30-12-16(26)10-22/h2-3,8-9,16H,4-7,11-13H2,1H3,(H,24,28). The maximum absolute atomic E-state index is 12.9. The third kappa shape index (κ3) is 4.06. The monoisotopic (exact) mass is 425 g/mol. The molecule has 2 aliphatic heterocycles. The number of morpholine rings is 1. The van der Waals surface area contributed by atoms with Crippen LogP contribution in [-0.2, 0) is 9.53 Å². The zero-order valence-electron chi connectivity index (χ0n) is 16.8. The summed E-state index contributed by atoms with van der Waals surface area (Å²) in [5.74, 6) is 0.514. The van der Waals surface area contributed by atoms with E-state index in [2.05, 4.69) is 27.3 Å². The van der Waals surface area contributed by atoms with E-state index in [0.717, 1.165) is 35.2 Å². The van der Waals surface area contributed by atoms with Crippen molar-refractivity contribution in [1.82, 2.24) is 15.2 Å². The molecule has 9 heteroatoms. The Morgan fingerprint density at radius 2 is 2.17 bits per heavy atom. The minimum Gasteiger partial charge on any atom is -0.378 e. The zero-order chi connectivity index (χ0) is 21.1. The number of nitrogens with one attached hydrogen (secondary N) is 1. The average molecular weight is 426 g/mol. The van der Waals surface area contributed by atoms with Gasteiger partial charge in [-0.2, -0.15) is 5.26 Å². The van der Waals surface area contributed by atoms with Crippen molar-refractivity contribution < 1.29 is 14.3 Å². The summed E-state index contributed by atoms with van der Waals surface area (Å²) in [6, 6.07) is 7.44. The smallest absolute Gasteiger partial charge is 0.252 e. The largest absolute Gasteiger partial charge is 0.378 e. The highest BCUT2D eigenvalue weighted by Gasteiger charge is 2.29. The molecule has 1 N–H and O–H groups in total. The van der Waals surface area contributed by atoms with E-state index in [4.69, 9.17) is 10.00 Å². The number of hydrogen-bond donors (Lipinski definition) is 1. The fraction of sp³-hybridized carbons (Fsp3) is 0.429. The topological polar surface area (TPSA) is 98.6 Å². The predicted octanol–water partition coefficient (Wildman–Crippen LogP) is 1.53. The second-order valence-corrected chi connectivity index (χ2v) is 8.31. The Hall–Kier alpha value is -2.83. The number of carbonyl (C=O) groups excluding carboxylic acids is 2. The molecule has 0 radical (unpaired) electrons. The van der Waals surface area contributed by atoms with Crippen LogP contribution in [0.4, 0.5) is 5.69 Å². The van der Waals surface area contributed by atoms with E-state index < -0.39 is 6.04 Å². The van der Waals surface area contributed by atoms with Crippen molar-refractivity contribution in [2.75, 3.05) is 49.4 Å². The maximum atomic E-state index is 12.9. The number of nitrogens with zero attached hydrogens (tertiary/aromatic N) is 4. The molecule has 1 aromatic heterocycles. The lowest BCUT2D eigenvalue weighted by molar-refractivity contribution is -0.129. The van der Waals surface area contributed by atoms with Gasteiger partial charge < -0.3 is 19.9 Å². The normalized spacial score (nSPS) is 19.0. The van der Waals surface area contributed by atoms with Crippen LogP contribution < -0.4 is 10.2 Å². The minimum atomic E-state index is -0.431. The summed E-state index contributed by atoms with van der Waals surface area (Å²) >= 11 is 1.54. The lowest BCUT2D eigenvalue weighted by Gasteiger charge is -2.29. The molecule has 8 nitrogen and oxygen atoms in total. The van der Waals surface area contributed by atoms with Gasteiger partial charge in [0.15, 0.2) is 0 Å². The van der Waals surface area contributed by atoms with Crippen LogP contribution in [0.3, 0.4) is 0 Å². The highest BCUT2D eigenvalue weighted by Crippen LogP contribution is 2.28. The van der Waals surface area contributed by atoms with Crippen LogP contribution in [0.25, 0.3) is 10.9 Å². The molecule has 4 rings (SSSR count). The van der Waals surface area contributed by atoms with Gasteiger partial charge in [-0.1, -0.05) is 0 Å². The number of aryl methyl sites for hydroxylation is 1. The van der Waals surface area contributed by atoms with Gasteiger partial charge in [-0.15, -0.1) is 11.8 Å². The quantitative estimate of drug-likeness (QED) is 0.793. The Morgan fingerprint density at radius 1 is 1.37 bits per heavy atom. The van der Waals surface area contributed by atoms with Gasteiger partial charge in [-0.3, -0.25) is 14.6 Å². The molecule has 0 aliphatic carbocycles. The number of anilines is 1. The second-order valence-electron chi connectivity index (χ2n) is 7.31. The molecule has 1 atom stereocenters. The Balaban J connectivity index is 1.55. The summed E-state index contributed by atoms with van der Waals surface area (Å²) in [6.07, 6.45) is 1.61. The number of ether oxygens (including phenoxy) is 1. The number of rotatable bonds is 4. The Kier molecular flexibility index (Phi) is 6.06. The number of fused-ring (bicyclic) bond motifs is 1. The van der Waals surface area contributed by atoms with Crippen molar-refractivity contribution >= 4 is 40.2 Å². The van der Waals surface area contributed by atoms with E-state index in [-0.39, 0.29) is 18.4 Å². The second kappa shape index (κ2) is 8.90. The number of aromatic nitrogens is 1. The SMILES string of the molecule is Cc1cc(N2CCOCC2)cc2c(C(=O)NCC(=O)N3CSCC3C#N)ccnc12. The molecule has 2 aliphatic rings. The van der Waals surface area contributed by atoms with Crippen molar-refractivity contribution in [3.8, 4) is 6.07 Å². The van der Waals surface area contributed by atoms with E-state index in [1.165, 1.54) is 4.90 Å². The molecule has 30 heavy (non-hydrogen) atoms. The molecule has 0 spiro atoms. The van der Waals surface area contributed by atoms with Crippen LogP contribution in [0.1, 0.15) is 15.9 Å². The van der Waals surface area contributed by atoms with E-state index in [1.807, 2.05) is 13.0 Å². The van der Waals surface area contributed by atoms with Crippen molar-refractivity contribution in [1.29, 1.82) is 5.26 Å². The maximum Gasteiger partial charge on any atom is 0.252 e. The summed E-state index contributed by atoms with van der Waals surface area (Å²) in [7, 11) is 0. The molecule has 2 aromatic rings. The van der Waals surface area contributed by atoms with E-state index in [1.54, 1.807) is 24.0 Å². The summed E-state index contributed by atoms with van der Waals surface area (Å²) in [6.45, 7) is 4.81. The van der Waals surface area contributed by atoms with Gasteiger partial charge in [0.2, 0.25) is 5.91 Å². The Labute approximate surface area is 179 Å². The molecule has 2 saturated heterocycles. The number of carbonyl (C=O) groups is 2. The minimum absolute atomic E-state index is 0.135. The first kappa shape index (κ1) is 20.4. The van der Waals surface area contributed by atoms with E-state index in [0.29, 0.717) is 30.4 Å². The van der Waals surface area contributed by atoms with Crippen LogP contribution in [-0.4, -0.2) is 72.2 Å². The molecule has 1 aromatic carbocycles. The number of benzene rings is 1. The lowest BCUT2D eigenvalue weighted by Crippen LogP contribution is -2.42. The molecule has 156 valence electrons. The van der Waals surface area contributed by atoms with Gasteiger partial charge in [0, 0.05) is 36.1 Å². The summed E-state index contributed by atoms with van der Waals surface area (Å²) < 4.78 is 5.44. The fourth-order valence-electron chi connectivity index (χ4n) is 3.76. The highest BCUT2D eigenvalue weighted by molar-refractivity contribution is 7.99. The van der Waals surface area contributed by atoms with Crippen molar-refractivity contribution in [2.24, 2.45) is 0 Å². The molecular weight excluding hydrogens is 402 g/mol. The van der Waals surface area contributed by atoms with Gasteiger partial charge in [0.1, 0.15) is 6.04 Å². The van der Waals surface area contributed by atoms with Crippen molar-refractivity contribution in [3.63, 3.8) is 0 Å². The van der Waals surface area contributed by atoms with Crippen LogP contribution in [0.15, 0.2) is 24.4 Å². The number of hydrogen-bond acceptors (Lipinski definition) is 7. The number of nitriles is 1. The average Bonchev–Trinajstić information content (AvgIpc) is 3.26. The van der Waals surface area contributed by atoms with Crippen LogP contribution in [0.2, 0.25) is 0 Å². The fourth-order valence-corrected chi connectivity index (χ4v) is 4.87. The van der Waals surface area contributed by atoms with E-state index in [9.17, 15) is 9.59 Å². The molecule has 1 unspecified atom stereocenters. The van der Waals surface area contributed by atoms with Crippen molar-refractivity contribution in [2.45, 2.75) is 13.0 Å². The van der Waals surface area contributed by atoms with Crippen LogP contribution in [0.5, 0.6) is 0 Å². The zero-order valence-corrected chi connectivity index (χ0v) is 17.6. The van der Waals surface area contributed by atoms with Crippen molar-refractivity contribution in [3.05, 3.63) is 35.5 Å². The van der Waals surface area contributed by atoms with Gasteiger partial charge in [-0.25, -0.2) is 0 Å². The summed E-state index contributed by atoms with van der Waals surface area (Å²) in [4.78, 5) is 33.6. The van der Waals surface area contributed by atoms with E-state index >= 15 is 0 Å². The molecule has 0 bridgehead atoms. The first-order valence-electron chi connectivity index (χ1n) is 9.85. The number of thioether (sulfide) groups is 1. The van der Waals surface area contributed by atoms with Gasteiger partial charge in [0.25, 0.3) is 5.91 Å². The van der Waals surface area contributed by atoms with Gasteiger partial charge in [-0.05, 0) is 30.7 Å². The molecule has 2 fully saturated rings. The predicted molar refractivity (Wildman–Crippen MR) is 115 cm³/mol. The number of amides is 2. The summed E-state index contributed by atoms with van der Waals surface area (Å²) in [5.41, 5.74) is 3.28. The molecular formula is C21H23N5O3S.